The highest BCUT2D eigenvalue weighted by Gasteiger charge is 2.38. The summed E-state index contributed by atoms with van der Waals surface area (Å²) in [7, 11) is 0. The number of rotatable bonds is 2. The quantitative estimate of drug-likeness (QED) is 0.402. The van der Waals surface area contributed by atoms with E-state index in [0.29, 0.717) is 5.70 Å². The Balaban J connectivity index is 2.03. The number of nitrogens with one attached hydrogen (secondary N) is 2. The van der Waals surface area contributed by atoms with E-state index in [1.165, 1.54) is 29.2 Å². The minimum absolute atomic E-state index is 0.152. The summed E-state index contributed by atoms with van der Waals surface area (Å²) in [6.45, 7) is 0. The van der Waals surface area contributed by atoms with Gasteiger partial charge in [0.05, 0.1) is 23.3 Å². The normalized spacial score (nSPS) is 25.0. The average Bonchev–Trinajstić information content (AvgIpc) is 2.92. The van der Waals surface area contributed by atoms with Crippen LogP contribution in [0.4, 0.5) is 0 Å². The number of allylic oxidation sites excluding steroid dienone is 1. The first kappa shape index (κ1) is 12.1. The van der Waals surface area contributed by atoms with Crippen molar-refractivity contribution < 1.29 is 14.5 Å². The highest BCUT2D eigenvalue weighted by molar-refractivity contribution is 6.36. The number of piperazine rings is 1. The summed E-state index contributed by atoms with van der Waals surface area (Å²) in [6.07, 6.45) is 7.32. The third-order valence-corrected chi connectivity index (χ3v) is 3.11. The number of aromatic nitrogens is 2. The molecule has 20 heavy (non-hydrogen) atoms. The molecule has 1 aliphatic heterocycles. The van der Waals surface area contributed by atoms with Gasteiger partial charge >= 0.3 is 11.8 Å². The van der Waals surface area contributed by atoms with Gasteiger partial charge in [0.1, 0.15) is 5.70 Å². The number of imidazole rings is 1. The maximum absolute atomic E-state index is 11.3. The predicted octanol–water partition coefficient (Wildman–Crippen LogP) is -1.12. The topological polar surface area (TPSA) is 119 Å². The standard InChI is InChI=1S/C11H9N5O4/c17-10-11(18)14-7-4-9(16(19)20)8(3-6(7)13-10)15-2-1-12-5-15/h1-7H,(H,13,17)(H,14,18). The second-order valence-corrected chi connectivity index (χ2v) is 4.33. The fourth-order valence-electron chi connectivity index (χ4n) is 2.19. The number of fused-ring (bicyclic) bond motifs is 1. The highest BCUT2D eigenvalue weighted by atomic mass is 16.6. The molecular formula is C11H9N5O4. The van der Waals surface area contributed by atoms with E-state index in [9.17, 15) is 19.7 Å². The summed E-state index contributed by atoms with van der Waals surface area (Å²) >= 11 is 0. The highest BCUT2D eigenvalue weighted by Crippen LogP contribution is 2.25. The molecule has 2 heterocycles. The Bertz CT molecular complexity index is 660. The van der Waals surface area contributed by atoms with Crippen molar-refractivity contribution in [2.24, 2.45) is 0 Å². The molecule has 1 aromatic rings. The van der Waals surface area contributed by atoms with Crippen LogP contribution in [0.15, 0.2) is 36.6 Å². The third kappa shape index (κ3) is 1.85. The van der Waals surface area contributed by atoms with Crippen LogP contribution in [-0.4, -0.2) is 38.4 Å². The Hall–Kier alpha value is -2.97. The van der Waals surface area contributed by atoms with Crippen LogP contribution in [0.1, 0.15) is 0 Å². The minimum Gasteiger partial charge on any atom is -0.339 e. The van der Waals surface area contributed by atoms with Crippen LogP contribution < -0.4 is 10.6 Å². The van der Waals surface area contributed by atoms with Crippen molar-refractivity contribution in [1.82, 2.24) is 20.2 Å². The van der Waals surface area contributed by atoms with Gasteiger partial charge in [0.25, 0.3) is 5.70 Å². The molecule has 0 bridgehead atoms. The number of carbonyl (C=O) groups is 2. The lowest BCUT2D eigenvalue weighted by molar-refractivity contribution is -0.418. The Morgan fingerprint density at radius 1 is 1.20 bits per heavy atom. The van der Waals surface area contributed by atoms with Gasteiger partial charge in [-0.2, -0.15) is 0 Å². The first-order valence-corrected chi connectivity index (χ1v) is 5.74. The zero-order valence-corrected chi connectivity index (χ0v) is 10.0. The molecule has 2 atom stereocenters. The van der Waals surface area contributed by atoms with Crippen LogP contribution in [0.5, 0.6) is 0 Å². The summed E-state index contributed by atoms with van der Waals surface area (Å²) in [4.78, 5) is 37.1. The maximum Gasteiger partial charge on any atom is 0.309 e. The number of nitrogens with zero attached hydrogens (tertiary/aromatic N) is 3. The molecule has 9 nitrogen and oxygen atoms in total. The Labute approximate surface area is 112 Å². The second kappa shape index (κ2) is 4.30. The van der Waals surface area contributed by atoms with Gasteiger partial charge in [0, 0.05) is 18.5 Å². The van der Waals surface area contributed by atoms with Crippen molar-refractivity contribution in [2.75, 3.05) is 0 Å². The van der Waals surface area contributed by atoms with Crippen molar-refractivity contribution in [1.29, 1.82) is 0 Å². The fraction of sp³-hybridized carbons (Fsp3) is 0.182. The molecule has 1 saturated heterocycles. The molecule has 9 heteroatoms. The van der Waals surface area contributed by atoms with Crippen molar-refractivity contribution in [3.8, 4) is 0 Å². The van der Waals surface area contributed by atoms with E-state index < -0.39 is 28.8 Å². The SMILES string of the molecule is O=C1NC2C=C(n3ccnc3)C([N+](=O)[O-])=CC2NC1=O. The molecule has 2 aliphatic rings. The molecule has 1 aliphatic carbocycles. The number of hydrogen-bond acceptors (Lipinski definition) is 5. The molecule has 2 N–H and O–H groups in total. The summed E-state index contributed by atoms with van der Waals surface area (Å²) in [5.74, 6) is -1.56. The monoisotopic (exact) mass is 275 g/mol. The van der Waals surface area contributed by atoms with E-state index in [0.717, 1.165) is 0 Å². The number of hydrogen-bond donors (Lipinski definition) is 2. The Morgan fingerprint density at radius 2 is 1.85 bits per heavy atom. The molecule has 0 spiro atoms. The van der Waals surface area contributed by atoms with Crippen molar-refractivity contribution >= 4 is 17.5 Å². The lowest BCUT2D eigenvalue weighted by Crippen LogP contribution is -2.61. The molecule has 3 rings (SSSR count). The smallest absolute Gasteiger partial charge is 0.309 e. The summed E-state index contributed by atoms with van der Waals surface area (Å²) in [6, 6.07) is -1.16. The van der Waals surface area contributed by atoms with Gasteiger partial charge in [0.2, 0.25) is 0 Å². The summed E-state index contributed by atoms with van der Waals surface area (Å²) < 4.78 is 1.48. The molecule has 0 aromatic carbocycles. The summed E-state index contributed by atoms with van der Waals surface area (Å²) in [5.41, 5.74) is 0.144. The van der Waals surface area contributed by atoms with E-state index in [4.69, 9.17) is 0 Å². The second-order valence-electron chi connectivity index (χ2n) is 4.33. The Morgan fingerprint density at radius 3 is 2.40 bits per heavy atom. The molecule has 102 valence electrons. The largest absolute Gasteiger partial charge is 0.339 e. The molecule has 0 saturated carbocycles. The van der Waals surface area contributed by atoms with Gasteiger partial charge < -0.3 is 15.2 Å². The van der Waals surface area contributed by atoms with Crippen molar-refractivity contribution in [2.45, 2.75) is 12.1 Å². The first-order chi connectivity index (χ1) is 9.56. The van der Waals surface area contributed by atoms with Crippen LogP contribution in [0, 0.1) is 10.1 Å². The van der Waals surface area contributed by atoms with Crippen LogP contribution in [0.2, 0.25) is 0 Å². The lowest BCUT2D eigenvalue weighted by atomic mass is 9.96. The van der Waals surface area contributed by atoms with E-state index in [-0.39, 0.29) is 5.70 Å². The molecule has 1 fully saturated rings. The van der Waals surface area contributed by atoms with Gasteiger partial charge in [0.15, 0.2) is 0 Å². The maximum atomic E-state index is 11.3. The Kier molecular flexibility index (Phi) is 2.60. The third-order valence-electron chi connectivity index (χ3n) is 3.11. The van der Waals surface area contributed by atoms with E-state index in [1.54, 1.807) is 6.20 Å². The number of amides is 2. The van der Waals surface area contributed by atoms with E-state index >= 15 is 0 Å². The zero-order valence-electron chi connectivity index (χ0n) is 10.0. The molecule has 2 unspecified atom stereocenters. The minimum atomic E-state index is -0.801. The van der Waals surface area contributed by atoms with E-state index in [2.05, 4.69) is 15.6 Å². The predicted molar refractivity (Wildman–Crippen MR) is 65.4 cm³/mol. The van der Waals surface area contributed by atoms with E-state index in [1.807, 2.05) is 0 Å². The van der Waals surface area contributed by atoms with Crippen LogP contribution >= 0.6 is 0 Å². The molecule has 0 radical (unpaired) electrons. The van der Waals surface area contributed by atoms with Crippen molar-refractivity contribution in [3.63, 3.8) is 0 Å². The van der Waals surface area contributed by atoms with Crippen molar-refractivity contribution in [3.05, 3.63) is 46.7 Å². The van der Waals surface area contributed by atoms with Gasteiger partial charge in [-0.05, 0) is 6.08 Å². The zero-order chi connectivity index (χ0) is 14.3. The van der Waals surface area contributed by atoms with Crippen LogP contribution in [-0.2, 0) is 9.59 Å². The molecule has 1 aromatic heterocycles. The molecular weight excluding hydrogens is 266 g/mol. The summed E-state index contributed by atoms with van der Waals surface area (Å²) in [5, 5.41) is 16.1. The number of nitro groups is 1. The van der Waals surface area contributed by atoms with Gasteiger partial charge in [-0.15, -0.1) is 0 Å². The van der Waals surface area contributed by atoms with Gasteiger partial charge in [-0.3, -0.25) is 19.7 Å². The first-order valence-electron chi connectivity index (χ1n) is 5.74. The fourth-order valence-corrected chi connectivity index (χ4v) is 2.19. The van der Waals surface area contributed by atoms with Crippen LogP contribution in [0.3, 0.4) is 0 Å². The molecule has 2 amide bonds. The number of carbonyl (C=O) groups excluding carboxylic acids is 2. The average molecular weight is 275 g/mol. The van der Waals surface area contributed by atoms with Gasteiger partial charge in [-0.25, -0.2) is 4.98 Å². The lowest BCUT2D eigenvalue weighted by Gasteiger charge is -2.31. The van der Waals surface area contributed by atoms with Gasteiger partial charge in [-0.1, -0.05) is 0 Å². The van der Waals surface area contributed by atoms with Crippen LogP contribution in [0.25, 0.3) is 5.70 Å².